The first-order valence-electron chi connectivity index (χ1n) is 3.60. The van der Waals surface area contributed by atoms with Gasteiger partial charge in [-0.2, -0.15) is 5.10 Å². The minimum absolute atomic E-state index is 0.377. The molecular formula is C8H5ClN4. The minimum atomic E-state index is 0.377. The quantitative estimate of drug-likeness (QED) is 0.600. The van der Waals surface area contributed by atoms with Gasteiger partial charge in [0.05, 0.1) is 12.1 Å². The Hall–Kier alpha value is -1.60. The molecule has 0 saturated carbocycles. The molecule has 2 aromatic rings. The fourth-order valence-corrected chi connectivity index (χ4v) is 1.49. The second kappa shape index (κ2) is 2.71. The van der Waals surface area contributed by atoms with Crippen molar-refractivity contribution in [3.63, 3.8) is 0 Å². The highest BCUT2D eigenvalue weighted by Crippen LogP contribution is 2.27. The van der Waals surface area contributed by atoms with E-state index in [1.54, 1.807) is 10.7 Å². The molecule has 0 N–H and O–H groups in total. The van der Waals surface area contributed by atoms with Gasteiger partial charge in [-0.25, -0.2) is 14.3 Å². The van der Waals surface area contributed by atoms with Crippen molar-refractivity contribution in [2.75, 3.05) is 0 Å². The number of hydrogen-bond donors (Lipinski definition) is 0. The first-order valence-corrected chi connectivity index (χ1v) is 3.97. The average Bonchev–Trinajstić information content (AvgIpc) is 2.44. The van der Waals surface area contributed by atoms with Crippen LogP contribution in [0.1, 0.15) is 5.56 Å². The lowest BCUT2D eigenvalue weighted by Gasteiger charge is -1.95. The van der Waals surface area contributed by atoms with Gasteiger partial charge in [0.1, 0.15) is 6.33 Å². The maximum Gasteiger partial charge on any atom is 0.210 e. The van der Waals surface area contributed by atoms with E-state index >= 15 is 0 Å². The molecule has 2 aromatic heterocycles. The third-order valence-corrected chi connectivity index (χ3v) is 2.15. The van der Waals surface area contributed by atoms with Crippen molar-refractivity contribution in [3.05, 3.63) is 34.7 Å². The molecule has 0 aliphatic rings. The molecule has 0 unspecified atom stereocenters. The van der Waals surface area contributed by atoms with E-state index in [4.69, 9.17) is 18.2 Å². The summed E-state index contributed by atoms with van der Waals surface area (Å²) in [5, 5.41) is 4.33. The molecule has 0 aliphatic heterocycles. The number of rotatable bonds is 0. The summed E-state index contributed by atoms with van der Waals surface area (Å²) in [7, 11) is 0. The zero-order valence-corrected chi connectivity index (χ0v) is 7.58. The number of aryl methyl sites for hydroxylation is 1. The van der Waals surface area contributed by atoms with Crippen LogP contribution in [-0.4, -0.2) is 14.6 Å². The Kier molecular flexibility index (Phi) is 1.67. The monoisotopic (exact) mass is 192 g/mol. The Morgan fingerprint density at radius 1 is 1.62 bits per heavy atom. The van der Waals surface area contributed by atoms with Crippen LogP contribution in [0.15, 0.2) is 12.5 Å². The van der Waals surface area contributed by atoms with Crippen molar-refractivity contribution in [2.45, 2.75) is 6.92 Å². The van der Waals surface area contributed by atoms with Crippen LogP contribution in [0, 0.1) is 13.5 Å². The first-order chi connectivity index (χ1) is 6.24. The van der Waals surface area contributed by atoms with Gasteiger partial charge in [-0.3, -0.25) is 0 Å². The molecule has 0 bridgehead atoms. The minimum Gasteiger partial charge on any atom is -0.248 e. The van der Waals surface area contributed by atoms with Crippen molar-refractivity contribution < 1.29 is 0 Å². The zero-order chi connectivity index (χ0) is 9.42. The first kappa shape index (κ1) is 8.02. The summed E-state index contributed by atoms with van der Waals surface area (Å²) in [6.07, 6.45) is 3.01. The van der Waals surface area contributed by atoms with Gasteiger partial charge in [0, 0.05) is 6.20 Å². The fourth-order valence-electron chi connectivity index (χ4n) is 1.22. The van der Waals surface area contributed by atoms with Gasteiger partial charge < -0.3 is 0 Å². The molecule has 13 heavy (non-hydrogen) atoms. The Bertz CT molecular complexity index is 509. The largest absolute Gasteiger partial charge is 0.248 e. The molecule has 0 fully saturated rings. The molecule has 0 atom stereocenters. The smallest absolute Gasteiger partial charge is 0.210 e. The third-order valence-electron chi connectivity index (χ3n) is 1.88. The van der Waals surface area contributed by atoms with Gasteiger partial charge in [0.2, 0.25) is 5.69 Å². The number of fused-ring (bicyclic) bond motifs is 1. The van der Waals surface area contributed by atoms with Crippen molar-refractivity contribution >= 4 is 22.8 Å². The molecule has 0 aliphatic carbocycles. The van der Waals surface area contributed by atoms with Gasteiger partial charge >= 0.3 is 0 Å². The maximum absolute atomic E-state index is 6.91. The highest BCUT2D eigenvalue weighted by atomic mass is 35.5. The Morgan fingerprint density at radius 2 is 2.38 bits per heavy atom. The Labute approximate surface area is 79.6 Å². The van der Waals surface area contributed by atoms with E-state index in [2.05, 4.69) is 14.9 Å². The topological polar surface area (TPSA) is 34.5 Å². The summed E-state index contributed by atoms with van der Waals surface area (Å²) in [5.41, 5.74) is 2.08. The van der Waals surface area contributed by atoms with Gasteiger partial charge in [-0.05, 0) is 12.5 Å². The molecule has 0 amide bonds. The summed E-state index contributed by atoms with van der Waals surface area (Å²) in [4.78, 5) is 7.20. The van der Waals surface area contributed by atoms with Crippen molar-refractivity contribution in [1.29, 1.82) is 0 Å². The number of halogens is 1. The molecule has 2 rings (SSSR count). The van der Waals surface area contributed by atoms with E-state index in [-0.39, 0.29) is 0 Å². The molecule has 2 heterocycles. The van der Waals surface area contributed by atoms with Crippen LogP contribution in [0.25, 0.3) is 10.4 Å². The van der Waals surface area contributed by atoms with Gasteiger partial charge in [0.25, 0.3) is 0 Å². The second-order valence-electron chi connectivity index (χ2n) is 2.60. The summed E-state index contributed by atoms with van der Waals surface area (Å²) in [5.74, 6) is 0. The lowest BCUT2D eigenvalue weighted by Crippen LogP contribution is -1.91. The summed E-state index contributed by atoms with van der Waals surface area (Å²) >= 11 is 5.86. The molecule has 64 valence electrons. The molecule has 0 saturated heterocycles. The summed E-state index contributed by atoms with van der Waals surface area (Å²) < 4.78 is 1.57. The predicted molar refractivity (Wildman–Crippen MR) is 49.0 cm³/mol. The zero-order valence-electron chi connectivity index (χ0n) is 6.82. The van der Waals surface area contributed by atoms with Crippen LogP contribution in [0.2, 0.25) is 5.15 Å². The van der Waals surface area contributed by atoms with Gasteiger partial charge in [-0.15, -0.1) is 0 Å². The second-order valence-corrected chi connectivity index (χ2v) is 2.95. The van der Waals surface area contributed by atoms with E-state index in [0.29, 0.717) is 16.4 Å². The third kappa shape index (κ3) is 1.05. The molecule has 5 heteroatoms. The lowest BCUT2D eigenvalue weighted by atomic mass is 10.3. The maximum atomic E-state index is 6.91. The van der Waals surface area contributed by atoms with E-state index in [0.717, 1.165) is 5.56 Å². The van der Waals surface area contributed by atoms with E-state index in [1.165, 1.54) is 6.33 Å². The standard InChI is InChI=1S/C8H5ClN4/c1-5-6(10-2)3-13-7(5)8(9)11-4-12-13/h3-4H,1H3. The van der Waals surface area contributed by atoms with Crippen LogP contribution in [0.3, 0.4) is 0 Å². The number of aromatic nitrogens is 3. The van der Waals surface area contributed by atoms with Crippen LogP contribution in [0.4, 0.5) is 5.69 Å². The van der Waals surface area contributed by atoms with E-state index < -0.39 is 0 Å². The van der Waals surface area contributed by atoms with E-state index in [9.17, 15) is 0 Å². The SMILES string of the molecule is [C-]#[N+]c1cn2ncnc(Cl)c2c1C. The predicted octanol–water partition coefficient (Wildman–Crippen LogP) is 2.24. The Balaban J connectivity index is 2.95. The van der Waals surface area contributed by atoms with Crippen LogP contribution < -0.4 is 0 Å². The summed E-state index contributed by atoms with van der Waals surface area (Å²) in [6.45, 7) is 8.74. The number of hydrogen-bond acceptors (Lipinski definition) is 2. The molecule has 0 spiro atoms. The normalized spacial score (nSPS) is 10.2. The van der Waals surface area contributed by atoms with Crippen LogP contribution in [-0.2, 0) is 0 Å². The molecular weight excluding hydrogens is 188 g/mol. The highest BCUT2D eigenvalue weighted by molar-refractivity contribution is 6.32. The van der Waals surface area contributed by atoms with Gasteiger partial charge in [0.15, 0.2) is 5.15 Å². The Morgan fingerprint density at radius 3 is 3.00 bits per heavy atom. The molecule has 0 radical (unpaired) electrons. The van der Waals surface area contributed by atoms with Gasteiger partial charge in [-0.1, -0.05) is 11.6 Å². The van der Waals surface area contributed by atoms with Crippen LogP contribution in [0.5, 0.6) is 0 Å². The van der Waals surface area contributed by atoms with Crippen LogP contribution >= 0.6 is 11.6 Å². The van der Waals surface area contributed by atoms with Crippen molar-refractivity contribution in [1.82, 2.24) is 14.6 Å². The average molecular weight is 193 g/mol. The highest BCUT2D eigenvalue weighted by Gasteiger charge is 2.10. The van der Waals surface area contributed by atoms with Crippen molar-refractivity contribution in [2.24, 2.45) is 0 Å². The van der Waals surface area contributed by atoms with Crippen molar-refractivity contribution in [3.8, 4) is 0 Å². The number of nitrogens with zero attached hydrogens (tertiary/aromatic N) is 4. The molecule has 4 nitrogen and oxygen atoms in total. The fraction of sp³-hybridized carbons (Fsp3) is 0.125. The summed E-state index contributed by atoms with van der Waals surface area (Å²) in [6, 6.07) is 0. The van der Waals surface area contributed by atoms with E-state index in [1.807, 2.05) is 6.92 Å². The lowest BCUT2D eigenvalue weighted by molar-refractivity contribution is 0.903. The molecule has 0 aromatic carbocycles.